The lowest BCUT2D eigenvalue weighted by Crippen LogP contribution is -2.33. The molecule has 1 fully saturated rings. The molecule has 2 rings (SSSR count). The molecule has 1 aromatic heterocycles. The number of H-pyrrole nitrogens is 1. The molecule has 108 valence electrons. The molecule has 0 atom stereocenters. The van der Waals surface area contributed by atoms with Crippen LogP contribution in [0.5, 0.6) is 0 Å². The minimum atomic E-state index is -3.66. The normalized spacial score (nSPS) is 17.9. The van der Waals surface area contributed by atoms with Crippen molar-refractivity contribution in [2.24, 2.45) is 11.3 Å². The van der Waals surface area contributed by atoms with Crippen LogP contribution in [0.2, 0.25) is 0 Å². The number of hydrogen-bond donors (Lipinski definition) is 3. The zero-order valence-electron chi connectivity index (χ0n) is 11.5. The molecule has 0 spiro atoms. The molecule has 19 heavy (non-hydrogen) atoms. The van der Waals surface area contributed by atoms with Crippen molar-refractivity contribution in [3.05, 3.63) is 11.3 Å². The zero-order chi connectivity index (χ0) is 14.3. The summed E-state index contributed by atoms with van der Waals surface area (Å²) >= 11 is 0. The van der Waals surface area contributed by atoms with Gasteiger partial charge in [-0.3, -0.25) is 5.10 Å². The number of nitrogens with zero attached hydrogens (tertiary/aromatic N) is 1. The largest absolute Gasteiger partial charge is 0.392 e. The van der Waals surface area contributed by atoms with Crippen LogP contribution in [-0.4, -0.2) is 30.3 Å². The van der Waals surface area contributed by atoms with E-state index >= 15 is 0 Å². The molecule has 0 bridgehead atoms. The van der Waals surface area contributed by atoms with Crippen LogP contribution in [0.1, 0.15) is 37.9 Å². The summed E-state index contributed by atoms with van der Waals surface area (Å²) in [5.41, 5.74) is 1.01. The van der Waals surface area contributed by atoms with Gasteiger partial charge in [0.15, 0.2) is 5.03 Å². The maximum Gasteiger partial charge on any atom is 0.260 e. The van der Waals surface area contributed by atoms with Crippen LogP contribution in [0.15, 0.2) is 5.03 Å². The molecule has 1 aliphatic carbocycles. The molecule has 0 radical (unpaired) electrons. The van der Waals surface area contributed by atoms with E-state index in [1.54, 1.807) is 6.92 Å². The third-order valence-electron chi connectivity index (χ3n) is 4.18. The van der Waals surface area contributed by atoms with Gasteiger partial charge in [-0.15, -0.1) is 0 Å². The first-order chi connectivity index (χ1) is 8.82. The predicted molar refractivity (Wildman–Crippen MR) is 70.9 cm³/mol. The number of aryl methyl sites for hydroxylation is 1. The maximum atomic E-state index is 12.2. The molecule has 1 aliphatic rings. The topological polar surface area (TPSA) is 95.1 Å². The van der Waals surface area contributed by atoms with E-state index in [0.717, 1.165) is 12.8 Å². The Hall–Kier alpha value is -0.920. The molecular weight excluding hydrogens is 266 g/mol. The SMILES string of the molecule is Cc1[nH]nc(S(=O)(=O)NCC2(C(C)C)CC2)c1CO. The highest BCUT2D eigenvalue weighted by Crippen LogP contribution is 2.51. The van der Waals surface area contributed by atoms with Gasteiger partial charge in [-0.1, -0.05) is 13.8 Å². The third kappa shape index (κ3) is 2.68. The van der Waals surface area contributed by atoms with E-state index in [4.69, 9.17) is 0 Å². The number of sulfonamides is 1. The van der Waals surface area contributed by atoms with Crippen LogP contribution >= 0.6 is 0 Å². The summed E-state index contributed by atoms with van der Waals surface area (Å²) in [6.45, 7) is 6.00. The van der Waals surface area contributed by atoms with Crippen LogP contribution in [0.4, 0.5) is 0 Å². The Labute approximate surface area is 113 Å². The minimum absolute atomic E-state index is 0.0907. The molecule has 6 nitrogen and oxygen atoms in total. The van der Waals surface area contributed by atoms with Crippen LogP contribution in [0, 0.1) is 18.3 Å². The number of aliphatic hydroxyl groups excluding tert-OH is 1. The van der Waals surface area contributed by atoms with Crippen LogP contribution in [0.3, 0.4) is 0 Å². The maximum absolute atomic E-state index is 12.2. The van der Waals surface area contributed by atoms with E-state index in [1.807, 2.05) is 0 Å². The van der Waals surface area contributed by atoms with E-state index in [-0.39, 0.29) is 17.0 Å². The molecule has 0 aromatic carbocycles. The summed E-state index contributed by atoms with van der Waals surface area (Å²) in [7, 11) is -3.66. The molecule has 0 amide bonds. The van der Waals surface area contributed by atoms with Crippen molar-refractivity contribution in [1.29, 1.82) is 0 Å². The van der Waals surface area contributed by atoms with Crippen LogP contribution < -0.4 is 4.72 Å². The molecule has 3 N–H and O–H groups in total. The highest BCUT2D eigenvalue weighted by molar-refractivity contribution is 7.89. The van der Waals surface area contributed by atoms with Gasteiger partial charge in [-0.25, -0.2) is 13.1 Å². The fraction of sp³-hybridized carbons (Fsp3) is 0.750. The summed E-state index contributed by atoms with van der Waals surface area (Å²) in [6, 6.07) is 0. The fourth-order valence-corrected chi connectivity index (χ4v) is 3.59. The molecule has 0 saturated heterocycles. The lowest BCUT2D eigenvalue weighted by atomic mass is 9.93. The van der Waals surface area contributed by atoms with Gasteiger partial charge in [0, 0.05) is 17.8 Å². The lowest BCUT2D eigenvalue weighted by molar-refractivity contribution is 0.277. The van der Waals surface area contributed by atoms with Gasteiger partial charge in [0.25, 0.3) is 10.0 Å². The molecule has 7 heteroatoms. The monoisotopic (exact) mass is 287 g/mol. The molecule has 0 aliphatic heterocycles. The number of nitrogens with one attached hydrogen (secondary N) is 2. The van der Waals surface area contributed by atoms with E-state index < -0.39 is 10.0 Å². The van der Waals surface area contributed by atoms with E-state index in [2.05, 4.69) is 28.8 Å². The summed E-state index contributed by atoms with van der Waals surface area (Å²) in [4.78, 5) is 0. The Morgan fingerprint density at radius 2 is 2.11 bits per heavy atom. The van der Waals surface area contributed by atoms with E-state index in [0.29, 0.717) is 23.7 Å². The van der Waals surface area contributed by atoms with Crippen LogP contribution in [0.25, 0.3) is 0 Å². The van der Waals surface area contributed by atoms with Crippen molar-refractivity contribution < 1.29 is 13.5 Å². The second-order valence-electron chi connectivity index (χ2n) is 5.63. The Balaban J connectivity index is 2.15. The minimum Gasteiger partial charge on any atom is -0.392 e. The predicted octanol–water partition coefficient (Wildman–Crippen LogP) is 0.925. The first-order valence-electron chi connectivity index (χ1n) is 6.47. The number of hydrogen-bond acceptors (Lipinski definition) is 4. The Morgan fingerprint density at radius 3 is 2.58 bits per heavy atom. The van der Waals surface area contributed by atoms with E-state index in [1.165, 1.54) is 0 Å². The Morgan fingerprint density at radius 1 is 1.47 bits per heavy atom. The van der Waals surface area contributed by atoms with Crippen molar-refractivity contribution in [3.8, 4) is 0 Å². The summed E-state index contributed by atoms with van der Waals surface area (Å²) in [5.74, 6) is 0.452. The number of aromatic amines is 1. The molecular formula is C12H21N3O3S. The average molecular weight is 287 g/mol. The van der Waals surface area contributed by atoms with Crippen molar-refractivity contribution in [2.45, 2.75) is 45.2 Å². The Kier molecular flexibility index (Phi) is 3.72. The van der Waals surface area contributed by atoms with Crippen molar-refractivity contribution >= 4 is 10.0 Å². The third-order valence-corrected chi connectivity index (χ3v) is 5.55. The smallest absolute Gasteiger partial charge is 0.260 e. The van der Waals surface area contributed by atoms with Crippen LogP contribution in [-0.2, 0) is 16.6 Å². The van der Waals surface area contributed by atoms with Gasteiger partial charge in [-0.2, -0.15) is 5.10 Å². The Bertz CT molecular complexity index is 559. The number of rotatable bonds is 6. The summed E-state index contributed by atoms with van der Waals surface area (Å²) in [6.07, 6.45) is 2.11. The van der Waals surface area contributed by atoms with Gasteiger partial charge in [0.1, 0.15) is 0 Å². The summed E-state index contributed by atoms with van der Waals surface area (Å²) < 4.78 is 27.1. The first kappa shape index (κ1) is 14.5. The molecule has 1 saturated carbocycles. The second-order valence-corrected chi connectivity index (χ2v) is 7.31. The van der Waals surface area contributed by atoms with Gasteiger partial charge >= 0.3 is 0 Å². The van der Waals surface area contributed by atoms with Gasteiger partial charge in [0.05, 0.1) is 6.61 Å². The standard InChI is InChI=1S/C12H21N3O3S/c1-8(2)12(4-5-12)7-13-19(17,18)11-10(6-16)9(3)14-15-11/h8,13,16H,4-7H2,1-3H3,(H,14,15). The van der Waals surface area contributed by atoms with E-state index in [9.17, 15) is 13.5 Å². The quantitative estimate of drug-likeness (QED) is 0.725. The highest BCUT2D eigenvalue weighted by atomic mass is 32.2. The molecule has 1 aromatic rings. The zero-order valence-corrected chi connectivity index (χ0v) is 12.3. The van der Waals surface area contributed by atoms with Crippen molar-refractivity contribution in [2.75, 3.05) is 6.54 Å². The lowest BCUT2D eigenvalue weighted by Gasteiger charge is -2.19. The van der Waals surface area contributed by atoms with Gasteiger partial charge in [-0.05, 0) is 31.1 Å². The fourth-order valence-electron chi connectivity index (χ4n) is 2.26. The molecule has 1 heterocycles. The first-order valence-corrected chi connectivity index (χ1v) is 7.95. The number of aromatic nitrogens is 2. The second kappa shape index (κ2) is 4.88. The summed E-state index contributed by atoms with van der Waals surface area (Å²) in [5, 5.41) is 15.5. The van der Waals surface area contributed by atoms with Gasteiger partial charge < -0.3 is 5.11 Å². The van der Waals surface area contributed by atoms with Gasteiger partial charge in [0.2, 0.25) is 0 Å². The van der Waals surface area contributed by atoms with Crippen molar-refractivity contribution in [3.63, 3.8) is 0 Å². The average Bonchev–Trinajstić information content (AvgIpc) is 3.04. The number of aliphatic hydroxyl groups is 1. The van der Waals surface area contributed by atoms with Crippen molar-refractivity contribution in [1.82, 2.24) is 14.9 Å². The molecule has 0 unspecified atom stereocenters. The highest BCUT2D eigenvalue weighted by Gasteiger charge is 2.46.